The van der Waals surface area contributed by atoms with E-state index in [1.807, 2.05) is 19.1 Å². The zero-order valence-electron chi connectivity index (χ0n) is 17.3. The number of carbonyl (C=O) groups excluding carboxylic acids is 2. The molecule has 9 nitrogen and oxygen atoms in total. The molecule has 0 saturated carbocycles. The molecule has 0 unspecified atom stereocenters. The fourth-order valence-electron chi connectivity index (χ4n) is 2.90. The molecule has 0 spiro atoms. The van der Waals surface area contributed by atoms with E-state index in [1.165, 1.54) is 12.1 Å². The maximum absolute atomic E-state index is 12.5. The molecule has 0 fully saturated rings. The highest BCUT2D eigenvalue weighted by molar-refractivity contribution is 7.18. The van der Waals surface area contributed by atoms with Crippen molar-refractivity contribution in [2.24, 2.45) is 0 Å². The second kappa shape index (κ2) is 9.37. The third kappa shape index (κ3) is 5.25. The van der Waals surface area contributed by atoms with E-state index in [-0.39, 0.29) is 17.5 Å². The summed E-state index contributed by atoms with van der Waals surface area (Å²) in [7, 11) is 0. The minimum Gasteiger partial charge on any atom is -0.322 e. The summed E-state index contributed by atoms with van der Waals surface area (Å²) in [6, 6.07) is 19.6. The number of nitro benzene ring substituents is 1. The van der Waals surface area contributed by atoms with Gasteiger partial charge in [-0.3, -0.25) is 25.0 Å². The largest absolute Gasteiger partial charge is 0.322 e. The summed E-state index contributed by atoms with van der Waals surface area (Å²) < 4.78 is 0. The highest BCUT2D eigenvalue weighted by Crippen LogP contribution is 2.28. The minimum absolute atomic E-state index is 0.0182. The maximum atomic E-state index is 12.5. The van der Waals surface area contributed by atoms with Crippen molar-refractivity contribution in [1.82, 2.24) is 10.2 Å². The molecule has 3 aromatic carbocycles. The minimum atomic E-state index is -0.477. The second-order valence-corrected chi connectivity index (χ2v) is 8.05. The Labute approximate surface area is 192 Å². The Morgan fingerprint density at radius 1 is 0.818 bits per heavy atom. The van der Waals surface area contributed by atoms with Gasteiger partial charge >= 0.3 is 0 Å². The van der Waals surface area contributed by atoms with Crippen molar-refractivity contribution in [3.63, 3.8) is 0 Å². The number of nitrogens with zero attached hydrogens (tertiary/aromatic N) is 3. The molecule has 0 aliphatic carbocycles. The van der Waals surface area contributed by atoms with E-state index in [0.29, 0.717) is 32.5 Å². The Kier molecular flexibility index (Phi) is 6.18. The van der Waals surface area contributed by atoms with E-state index >= 15 is 0 Å². The molecule has 0 aliphatic heterocycles. The van der Waals surface area contributed by atoms with E-state index < -0.39 is 4.92 Å². The average molecular weight is 459 g/mol. The fraction of sp³-hybridized carbons (Fsp3) is 0.0435. The fourth-order valence-corrected chi connectivity index (χ4v) is 3.64. The Morgan fingerprint density at radius 2 is 1.39 bits per heavy atom. The van der Waals surface area contributed by atoms with Crippen LogP contribution < -0.4 is 10.6 Å². The van der Waals surface area contributed by atoms with Crippen LogP contribution in [0, 0.1) is 17.0 Å². The number of hydrogen-bond acceptors (Lipinski definition) is 7. The van der Waals surface area contributed by atoms with Crippen molar-refractivity contribution in [2.45, 2.75) is 6.92 Å². The maximum Gasteiger partial charge on any atom is 0.269 e. The van der Waals surface area contributed by atoms with Crippen LogP contribution in [0.3, 0.4) is 0 Å². The zero-order chi connectivity index (χ0) is 23.4. The van der Waals surface area contributed by atoms with Gasteiger partial charge in [-0.05, 0) is 55.5 Å². The van der Waals surface area contributed by atoms with Crippen LogP contribution in [0.15, 0.2) is 72.8 Å². The lowest BCUT2D eigenvalue weighted by molar-refractivity contribution is -0.384. The lowest BCUT2D eigenvalue weighted by Gasteiger charge is -2.07. The Balaban J connectivity index is 1.38. The number of nitro groups is 1. The number of anilines is 2. The van der Waals surface area contributed by atoms with E-state index in [2.05, 4.69) is 20.8 Å². The number of benzene rings is 3. The van der Waals surface area contributed by atoms with Gasteiger partial charge in [0.05, 0.1) is 4.92 Å². The number of aryl methyl sites for hydroxylation is 1. The number of hydrogen-bond donors (Lipinski definition) is 2. The van der Waals surface area contributed by atoms with Crippen LogP contribution in [0.1, 0.15) is 26.3 Å². The first-order chi connectivity index (χ1) is 15.9. The summed E-state index contributed by atoms with van der Waals surface area (Å²) >= 11 is 1.15. The molecule has 33 heavy (non-hydrogen) atoms. The summed E-state index contributed by atoms with van der Waals surface area (Å²) in [5.74, 6) is -0.613. The SMILES string of the molecule is Cc1ccc(C(=O)Nc2ccc(C(=O)Nc3nnc(-c4ccc([N+](=O)[O-])cc4)s3)cc2)cc1. The molecule has 2 amide bonds. The van der Waals surface area contributed by atoms with Crippen molar-refractivity contribution in [3.8, 4) is 10.6 Å². The molecule has 2 N–H and O–H groups in total. The van der Waals surface area contributed by atoms with Crippen LogP contribution in [0.4, 0.5) is 16.5 Å². The highest BCUT2D eigenvalue weighted by Gasteiger charge is 2.13. The Morgan fingerprint density at radius 3 is 2.00 bits per heavy atom. The summed E-state index contributed by atoms with van der Waals surface area (Å²) in [4.78, 5) is 35.1. The van der Waals surface area contributed by atoms with Crippen molar-refractivity contribution in [3.05, 3.63) is 99.6 Å². The summed E-state index contributed by atoms with van der Waals surface area (Å²) in [5.41, 5.74) is 3.20. The lowest BCUT2D eigenvalue weighted by atomic mass is 10.1. The van der Waals surface area contributed by atoms with Gasteiger partial charge in [0.15, 0.2) is 0 Å². The van der Waals surface area contributed by atoms with Crippen molar-refractivity contribution in [1.29, 1.82) is 0 Å². The van der Waals surface area contributed by atoms with Crippen LogP contribution >= 0.6 is 11.3 Å². The normalized spacial score (nSPS) is 10.5. The molecule has 0 aliphatic rings. The van der Waals surface area contributed by atoms with Gasteiger partial charge in [0, 0.05) is 34.5 Å². The van der Waals surface area contributed by atoms with Crippen LogP contribution in [0.25, 0.3) is 10.6 Å². The van der Waals surface area contributed by atoms with Gasteiger partial charge in [-0.2, -0.15) is 0 Å². The van der Waals surface area contributed by atoms with Crippen LogP contribution in [0.5, 0.6) is 0 Å². The first-order valence-corrected chi connectivity index (χ1v) is 10.6. The predicted molar refractivity (Wildman–Crippen MR) is 126 cm³/mol. The van der Waals surface area contributed by atoms with Crippen molar-refractivity contribution in [2.75, 3.05) is 10.6 Å². The molecule has 1 aromatic heterocycles. The van der Waals surface area contributed by atoms with Crippen LogP contribution in [0.2, 0.25) is 0 Å². The molecule has 0 saturated heterocycles. The van der Waals surface area contributed by atoms with Gasteiger partial charge in [0.25, 0.3) is 17.5 Å². The van der Waals surface area contributed by atoms with Crippen LogP contribution in [-0.2, 0) is 0 Å². The third-order valence-electron chi connectivity index (χ3n) is 4.69. The van der Waals surface area contributed by atoms with E-state index in [0.717, 1.165) is 16.9 Å². The number of amides is 2. The number of nitrogens with one attached hydrogen (secondary N) is 2. The van der Waals surface area contributed by atoms with Gasteiger partial charge in [-0.15, -0.1) is 10.2 Å². The molecular weight excluding hydrogens is 442 g/mol. The molecule has 10 heteroatoms. The van der Waals surface area contributed by atoms with Gasteiger partial charge in [0.1, 0.15) is 5.01 Å². The highest BCUT2D eigenvalue weighted by atomic mass is 32.1. The van der Waals surface area contributed by atoms with Crippen molar-refractivity contribution < 1.29 is 14.5 Å². The average Bonchev–Trinajstić information content (AvgIpc) is 3.28. The monoisotopic (exact) mass is 459 g/mol. The van der Waals surface area contributed by atoms with Gasteiger partial charge in [0.2, 0.25) is 5.13 Å². The molecule has 4 rings (SSSR count). The second-order valence-electron chi connectivity index (χ2n) is 7.07. The van der Waals surface area contributed by atoms with E-state index in [4.69, 9.17) is 0 Å². The summed E-state index contributed by atoms with van der Waals surface area (Å²) in [5, 5.41) is 25.0. The van der Waals surface area contributed by atoms with Gasteiger partial charge < -0.3 is 5.32 Å². The number of carbonyl (C=O) groups is 2. The van der Waals surface area contributed by atoms with Crippen LogP contribution in [-0.4, -0.2) is 26.9 Å². The zero-order valence-corrected chi connectivity index (χ0v) is 18.1. The Hall–Kier alpha value is -4.44. The number of aromatic nitrogens is 2. The standard InChI is InChI=1S/C23H17N5O4S/c1-14-2-4-15(5-3-14)20(29)24-18-10-6-16(7-11-18)21(30)25-23-27-26-22(33-23)17-8-12-19(13-9-17)28(31)32/h2-13H,1H3,(H,24,29)(H,25,27,30). The predicted octanol–water partition coefficient (Wildman–Crippen LogP) is 4.93. The van der Waals surface area contributed by atoms with Crippen molar-refractivity contribution >= 4 is 39.7 Å². The molecule has 0 atom stereocenters. The van der Waals surface area contributed by atoms with E-state index in [1.54, 1.807) is 48.5 Å². The summed E-state index contributed by atoms with van der Waals surface area (Å²) in [6.45, 7) is 1.95. The molecule has 0 radical (unpaired) electrons. The van der Waals surface area contributed by atoms with Gasteiger partial charge in [-0.1, -0.05) is 29.0 Å². The topological polar surface area (TPSA) is 127 Å². The quantitative estimate of drug-likeness (QED) is 0.311. The molecule has 0 bridgehead atoms. The summed E-state index contributed by atoms with van der Waals surface area (Å²) in [6.07, 6.45) is 0. The van der Waals surface area contributed by atoms with Gasteiger partial charge in [-0.25, -0.2) is 0 Å². The molecular formula is C23H17N5O4S. The molecule has 1 heterocycles. The lowest BCUT2D eigenvalue weighted by Crippen LogP contribution is -2.13. The number of rotatable bonds is 6. The smallest absolute Gasteiger partial charge is 0.269 e. The molecule has 164 valence electrons. The van der Waals surface area contributed by atoms with E-state index in [9.17, 15) is 19.7 Å². The first-order valence-electron chi connectivity index (χ1n) is 9.77. The molecule has 4 aromatic rings. The Bertz CT molecular complexity index is 1320. The first kappa shape index (κ1) is 21.8. The number of non-ortho nitro benzene ring substituents is 1. The third-order valence-corrected chi connectivity index (χ3v) is 5.58.